The third kappa shape index (κ3) is 10.4. The fourth-order valence-electron chi connectivity index (χ4n) is 14.8. The first kappa shape index (κ1) is 55.6. The van der Waals surface area contributed by atoms with Gasteiger partial charge in [-0.05, 0) is 113 Å². The van der Waals surface area contributed by atoms with Gasteiger partial charge in [-0.15, -0.1) is 0 Å². The van der Waals surface area contributed by atoms with Gasteiger partial charge in [0.1, 0.15) is 35.6 Å². The van der Waals surface area contributed by atoms with E-state index in [1.807, 2.05) is 50.2 Å². The number of aromatic amines is 1. The van der Waals surface area contributed by atoms with Crippen molar-refractivity contribution in [2.45, 2.75) is 113 Å². The number of H-pyrrole nitrogens is 1. The van der Waals surface area contributed by atoms with Crippen molar-refractivity contribution in [2.24, 2.45) is 11.3 Å². The highest BCUT2D eigenvalue weighted by atomic mass is 32.2. The van der Waals surface area contributed by atoms with E-state index in [1.54, 1.807) is 12.3 Å². The molecule has 3 N–H and O–H groups in total. The first-order valence-corrected chi connectivity index (χ1v) is 31.3. The van der Waals surface area contributed by atoms with E-state index in [9.17, 15) is 27.7 Å². The van der Waals surface area contributed by atoms with Gasteiger partial charge in [-0.1, -0.05) is 18.2 Å². The van der Waals surface area contributed by atoms with Crippen LogP contribution in [0.1, 0.15) is 98.8 Å². The second-order valence-corrected chi connectivity index (χ2v) is 26.0. The number of benzene rings is 4. The molecule has 1 amide bonds. The lowest BCUT2D eigenvalue weighted by Crippen LogP contribution is -2.60. The normalized spacial score (nSPS) is 24.4. The predicted octanol–water partition coefficient (Wildman–Crippen LogP) is 9.57. The topological polar surface area (TPSA) is 215 Å². The summed E-state index contributed by atoms with van der Waals surface area (Å²) in [6, 6.07) is 21.6. The summed E-state index contributed by atoms with van der Waals surface area (Å²) in [4.78, 5) is 43.9. The number of rotatable bonds is 12. The van der Waals surface area contributed by atoms with E-state index in [2.05, 4.69) is 46.8 Å². The molecule has 0 unspecified atom stereocenters. The largest absolute Gasteiger partial charge is 0.491 e. The van der Waals surface area contributed by atoms with E-state index >= 15 is 4.39 Å². The van der Waals surface area contributed by atoms with E-state index in [1.165, 1.54) is 12.1 Å². The summed E-state index contributed by atoms with van der Waals surface area (Å²) in [7, 11) is -4.74. The van der Waals surface area contributed by atoms with Gasteiger partial charge in [-0.25, -0.2) is 21.9 Å². The van der Waals surface area contributed by atoms with Crippen LogP contribution in [-0.2, 0) is 19.5 Å². The van der Waals surface area contributed by atoms with Crippen molar-refractivity contribution < 1.29 is 55.3 Å². The Balaban J connectivity index is 0.740. The summed E-state index contributed by atoms with van der Waals surface area (Å²) in [5, 5.41) is 16.7. The van der Waals surface area contributed by atoms with Crippen LogP contribution in [0.25, 0.3) is 11.0 Å². The number of hydrogen-bond donors (Lipinski definition) is 3. The van der Waals surface area contributed by atoms with Crippen LogP contribution in [0.4, 0.5) is 37.2 Å². The van der Waals surface area contributed by atoms with E-state index < -0.39 is 49.2 Å². The number of ether oxygens (including phenoxy) is 6. The number of piperidine rings is 1. The van der Waals surface area contributed by atoms with E-state index in [4.69, 9.17) is 33.4 Å². The quantitative estimate of drug-likeness (QED) is 0.0768. The van der Waals surface area contributed by atoms with Crippen molar-refractivity contribution in [1.29, 1.82) is 0 Å². The molecule has 9 heterocycles. The van der Waals surface area contributed by atoms with E-state index in [0.717, 1.165) is 99.2 Å². The summed E-state index contributed by atoms with van der Waals surface area (Å²) >= 11 is 0. The number of nitrogens with zero attached hydrogens (tertiary/aromatic N) is 6. The third-order valence-corrected chi connectivity index (χ3v) is 20.3. The minimum absolute atomic E-state index is 0.00688. The van der Waals surface area contributed by atoms with Crippen LogP contribution < -0.4 is 38.8 Å². The number of para-hydroxylation sites is 1. The van der Waals surface area contributed by atoms with Crippen LogP contribution in [0.5, 0.6) is 23.1 Å². The van der Waals surface area contributed by atoms with Gasteiger partial charge >= 0.3 is 0 Å². The Morgan fingerprint density at radius 2 is 1.68 bits per heavy atom. The number of hydrogen-bond acceptors (Lipinski definition) is 17. The fraction of sp³-hybridized carbons (Fsp3) is 0.484. The molecule has 1 spiro atoms. The average molecular weight is 1190 g/mol. The van der Waals surface area contributed by atoms with Gasteiger partial charge in [0, 0.05) is 118 Å². The highest BCUT2D eigenvalue weighted by molar-refractivity contribution is 7.90. The van der Waals surface area contributed by atoms with Gasteiger partial charge in [0.05, 0.1) is 58.5 Å². The molecule has 1 saturated carbocycles. The van der Waals surface area contributed by atoms with E-state index in [-0.39, 0.29) is 77.6 Å². The standard InChI is InChI=1S/C62H69F2N9O11S/c1-36(2)83-54-6-4-3-5-43(54)53-33-70(48-13-24-81-58-45(48)26-39(63)27-46(58)64)19-20-71(53)41-31-62(32-41)14-17-69(18-15-62)40-7-8-44(50(28-40)72-49-12-23-80-35-56(49)84-61-52(72)25-38-9-16-65-59(38)67-61)60(74)68-85(77,78)42-29-51(73(75)76)57-55(30-42)82-34-47(66-57)37-10-21-79-22-11-37/h3-9,16,25-30,36-37,41,47-49,53,56,66H,10-15,17-24,31-35H2,1-2H3,(H,65,67)(H,68,74)/t47-,48+,49-,53-,56-/m0/s1. The highest BCUT2D eigenvalue weighted by Crippen LogP contribution is 2.55. The molecular formula is C62H69F2N9O11S. The summed E-state index contributed by atoms with van der Waals surface area (Å²) in [5.41, 5.74) is 3.94. The smallest absolute Gasteiger partial charge is 0.297 e. The maximum absolute atomic E-state index is 15.1. The molecule has 20 nitrogen and oxygen atoms in total. The number of carbonyl (C=O) groups is 1. The van der Waals surface area contributed by atoms with Gasteiger partial charge in [-0.2, -0.15) is 4.98 Å². The van der Waals surface area contributed by atoms with Crippen LogP contribution >= 0.6 is 0 Å². The van der Waals surface area contributed by atoms with Gasteiger partial charge in [0.25, 0.3) is 21.6 Å². The van der Waals surface area contributed by atoms with Gasteiger partial charge in [0.15, 0.2) is 23.0 Å². The van der Waals surface area contributed by atoms with Crippen molar-refractivity contribution in [3.05, 3.63) is 123 Å². The molecule has 5 fully saturated rings. The third-order valence-electron chi connectivity index (χ3n) is 19.0. The molecule has 7 aliphatic heterocycles. The number of pyridine rings is 1. The van der Waals surface area contributed by atoms with Crippen LogP contribution in [0.15, 0.2) is 90.0 Å². The summed E-state index contributed by atoms with van der Waals surface area (Å²) in [5.74, 6) is -0.760. The number of anilines is 4. The molecule has 0 bridgehead atoms. The molecule has 8 aliphatic rings. The minimum atomic E-state index is -4.74. The molecule has 4 saturated heterocycles. The van der Waals surface area contributed by atoms with Crippen LogP contribution in [0, 0.1) is 33.1 Å². The van der Waals surface area contributed by atoms with Crippen LogP contribution in [0.3, 0.4) is 0 Å². The Morgan fingerprint density at radius 3 is 2.49 bits per heavy atom. The molecule has 23 heteroatoms. The molecule has 0 radical (unpaired) electrons. The molecule has 448 valence electrons. The van der Waals surface area contributed by atoms with Gasteiger partial charge < -0.3 is 48.5 Å². The average Bonchev–Trinajstić information content (AvgIpc) is 2.87. The monoisotopic (exact) mass is 1190 g/mol. The first-order chi connectivity index (χ1) is 41.2. The number of amides is 1. The van der Waals surface area contributed by atoms with Gasteiger partial charge in [-0.3, -0.25) is 24.7 Å². The Bertz CT molecular complexity index is 3680. The number of fused-ring (bicyclic) bond motifs is 5. The molecule has 1 aliphatic carbocycles. The lowest BCUT2D eigenvalue weighted by molar-refractivity contribution is -0.384. The summed E-state index contributed by atoms with van der Waals surface area (Å²) < 4.78 is 97.5. The lowest BCUT2D eigenvalue weighted by atomic mass is 9.59. The zero-order valence-electron chi connectivity index (χ0n) is 47.5. The zero-order valence-corrected chi connectivity index (χ0v) is 48.3. The fourth-order valence-corrected chi connectivity index (χ4v) is 15.8. The highest BCUT2D eigenvalue weighted by Gasteiger charge is 2.51. The molecule has 6 aromatic rings. The van der Waals surface area contributed by atoms with Crippen molar-refractivity contribution in [2.75, 3.05) is 87.5 Å². The Hall–Kier alpha value is -7.31. The van der Waals surface area contributed by atoms with E-state index in [0.29, 0.717) is 80.3 Å². The first-order valence-electron chi connectivity index (χ1n) is 29.8. The number of aromatic nitrogens is 2. The maximum Gasteiger partial charge on any atom is 0.297 e. The van der Waals surface area contributed by atoms with Crippen LogP contribution in [0.2, 0.25) is 0 Å². The molecule has 5 atom stereocenters. The second-order valence-electron chi connectivity index (χ2n) is 24.4. The second kappa shape index (κ2) is 22.2. The number of nitro groups is 1. The number of halogens is 2. The van der Waals surface area contributed by atoms with Crippen molar-refractivity contribution >= 4 is 55.4 Å². The molecule has 2 aromatic heterocycles. The maximum atomic E-state index is 15.1. The number of nitro benzene ring substituents is 1. The predicted molar refractivity (Wildman–Crippen MR) is 312 cm³/mol. The number of sulfonamides is 1. The molecule has 14 rings (SSSR count). The summed E-state index contributed by atoms with van der Waals surface area (Å²) in [6.45, 7) is 10.0. The number of nitrogens with one attached hydrogen (secondary N) is 3. The number of carbonyl (C=O) groups excluding carboxylic acids is 1. The van der Waals surface area contributed by atoms with Gasteiger partial charge in [0.2, 0.25) is 5.88 Å². The van der Waals surface area contributed by atoms with Crippen molar-refractivity contribution in [1.82, 2.24) is 24.5 Å². The zero-order chi connectivity index (χ0) is 58.3. The Kier molecular flexibility index (Phi) is 14.5. The summed E-state index contributed by atoms with van der Waals surface area (Å²) in [6.07, 6.45) is 7.78. The van der Waals surface area contributed by atoms with Crippen molar-refractivity contribution in [3.63, 3.8) is 0 Å². The SMILES string of the molecule is CC(C)Oc1ccccc1[C@@H]1CN([C@@H]2CCOc3c(F)cc(F)cc32)CCN1C1CC2(CCN(c3ccc(C(=O)NS(=O)(=O)c4cc5c(c([N+](=O)[O-])c4)N[C@H](C4CCOCC4)CO5)c(N4c5cc6cc[nH]c6nc5O[C@H]5COCC[C@@H]54)c3)CC2)C1. The number of piperazine rings is 1. The van der Waals surface area contributed by atoms with Crippen molar-refractivity contribution in [3.8, 4) is 23.1 Å². The van der Waals surface area contributed by atoms with Crippen LogP contribution in [-0.4, -0.2) is 142 Å². The lowest BCUT2D eigenvalue weighted by Gasteiger charge is -2.59. The Morgan fingerprint density at radius 1 is 0.871 bits per heavy atom. The minimum Gasteiger partial charge on any atom is -0.491 e. The molecular weight excluding hydrogens is 1120 g/mol. The molecule has 4 aromatic carbocycles. The Labute approximate surface area is 491 Å². The molecule has 85 heavy (non-hydrogen) atoms.